The second-order valence-corrected chi connectivity index (χ2v) is 19.3. The van der Waals surface area contributed by atoms with Crippen molar-refractivity contribution in [2.45, 2.75) is 98.9 Å². The van der Waals surface area contributed by atoms with Gasteiger partial charge in [-0.2, -0.15) is 0 Å². The van der Waals surface area contributed by atoms with E-state index in [9.17, 15) is 35.4 Å². The normalized spacial score (nSPS) is 40.6. The summed E-state index contributed by atoms with van der Waals surface area (Å²) in [6.07, 6.45) is 2.43. The summed E-state index contributed by atoms with van der Waals surface area (Å²) in [5, 5.41) is 79.2. The molecule has 7 aliphatic rings. The van der Waals surface area contributed by atoms with Crippen LogP contribution in [0.4, 0.5) is 0 Å². The molecule has 318 valence electrons. The molecular weight excluding hydrogens is 777 g/mol. The van der Waals surface area contributed by atoms with Gasteiger partial charge in [-0.15, -0.1) is 0 Å². The largest absolute Gasteiger partial charge is 0.508 e. The van der Waals surface area contributed by atoms with Gasteiger partial charge in [-0.25, -0.2) is 4.79 Å². The van der Waals surface area contributed by atoms with Gasteiger partial charge in [0.25, 0.3) is 0 Å². The Morgan fingerprint density at radius 2 is 1.72 bits per heavy atom. The molecule has 5 fully saturated rings. The zero-order valence-corrected chi connectivity index (χ0v) is 34.0. The van der Waals surface area contributed by atoms with Crippen molar-refractivity contribution >= 4 is 38.4 Å². The van der Waals surface area contributed by atoms with Crippen LogP contribution in [-0.4, -0.2) is 97.1 Å². The second kappa shape index (κ2) is 13.1. The maximum Gasteiger partial charge on any atom is 0.343 e. The van der Waals surface area contributed by atoms with Crippen LogP contribution in [0.5, 0.6) is 11.5 Å². The first-order valence-corrected chi connectivity index (χ1v) is 22.1. The number of rotatable bonds is 5. The van der Waals surface area contributed by atoms with Crippen LogP contribution in [0, 0.1) is 35.0 Å². The van der Waals surface area contributed by atoms with Crippen LogP contribution in [-0.2, 0) is 32.7 Å². The molecule has 14 atom stereocenters. The molecule has 3 heterocycles. The Bertz CT molecular complexity index is 2680. The van der Waals surface area contributed by atoms with Gasteiger partial charge in [0.2, 0.25) is 5.79 Å². The first-order chi connectivity index (χ1) is 29.5. The van der Waals surface area contributed by atoms with Crippen LogP contribution in [0.3, 0.4) is 0 Å². The van der Waals surface area contributed by atoms with Gasteiger partial charge in [-0.3, -0.25) is 0 Å². The predicted molar refractivity (Wildman–Crippen MR) is 224 cm³/mol. The Hall–Kier alpha value is -4.37. The van der Waals surface area contributed by atoms with Crippen molar-refractivity contribution < 1.29 is 49.6 Å². The van der Waals surface area contributed by atoms with Crippen molar-refractivity contribution in [2.24, 2.45) is 35.0 Å². The summed E-state index contributed by atoms with van der Waals surface area (Å²) < 4.78 is 19.9. The SMILES string of the molecule is CNCC1CC2C3C=CC(O)C4(O)OC(C(=O)Oc5c(CO)[nH]c6ccc7cc8ccccc8cc7c56)C(OC2C2(CCC5CCC6CCc7cc(O)ccc7C652)C1O)C34O. The number of esters is 1. The van der Waals surface area contributed by atoms with E-state index in [1.807, 2.05) is 55.6 Å². The number of benzene rings is 4. The highest BCUT2D eigenvalue weighted by molar-refractivity contribution is 6.14. The van der Waals surface area contributed by atoms with Crippen LogP contribution in [0.25, 0.3) is 32.4 Å². The predicted octanol–water partition coefficient (Wildman–Crippen LogP) is 4.62. The van der Waals surface area contributed by atoms with E-state index in [2.05, 4.69) is 22.4 Å². The fraction of sp³-hybridized carbons (Fsp3) is 0.490. The highest BCUT2D eigenvalue weighted by Crippen LogP contribution is 2.76. The number of carbonyl (C=O) groups is 1. The third-order valence-electron chi connectivity index (χ3n) is 17.1. The molecule has 12 nitrogen and oxygen atoms in total. The molecule has 0 bridgehead atoms. The summed E-state index contributed by atoms with van der Waals surface area (Å²) in [5.41, 5.74) is -0.555. The summed E-state index contributed by atoms with van der Waals surface area (Å²) in [5.74, 6) is -4.34. The molecule has 14 unspecified atom stereocenters. The van der Waals surface area contributed by atoms with E-state index in [1.165, 1.54) is 6.08 Å². The topological polar surface area (TPSA) is 194 Å². The number of aliphatic hydroxyl groups is 5. The van der Waals surface area contributed by atoms with Crippen LogP contribution < -0.4 is 10.1 Å². The van der Waals surface area contributed by atoms with Gasteiger partial charge in [-0.1, -0.05) is 48.6 Å². The summed E-state index contributed by atoms with van der Waals surface area (Å²) >= 11 is 0. The Labute approximate surface area is 352 Å². The molecular formula is C49H52N2O10. The fourth-order valence-electron chi connectivity index (χ4n) is 15.0. The fourth-order valence-corrected chi connectivity index (χ4v) is 15.0. The van der Waals surface area contributed by atoms with E-state index in [4.69, 9.17) is 14.2 Å². The summed E-state index contributed by atoms with van der Waals surface area (Å²) in [6, 6.07) is 21.6. The minimum absolute atomic E-state index is 0.0950. The summed E-state index contributed by atoms with van der Waals surface area (Å²) in [7, 11) is 1.87. The molecule has 4 aromatic carbocycles. The zero-order valence-electron chi connectivity index (χ0n) is 34.0. The number of phenols is 1. The van der Waals surface area contributed by atoms with Gasteiger partial charge in [0.15, 0.2) is 17.5 Å². The molecule has 5 aromatic rings. The third kappa shape index (κ3) is 4.64. The number of nitrogens with one attached hydrogen (secondary N) is 2. The third-order valence-corrected chi connectivity index (χ3v) is 17.1. The first kappa shape index (κ1) is 38.3. The lowest BCUT2D eigenvalue weighted by Gasteiger charge is -2.67. The number of aryl methyl sites for hydroxylation is 1. The van der Waals surface area contributed by atoms with E-state index in [1.54, 1.807) is 12.1 Å². The van der Waals surface area contributed by atoms with Crippen LogP contribution >= 0.6 is 0 Å². The number of aliphatic hydroxyl groups excluding tert-OH is 3. The van der Waals surface area contributed by atoms with Crippen molar-refractivity contribution in [2.75, 3.05) is 13.6 Å². The number of hydrogen-bond donors (Lipinski definition) is 8. The number of aromatic amines is 1. The maximum atomic E-state index is 15.0. The number of aromatic nitrogens is 1. The van der Waals surface area contributed by atoms with Gasteiger partial charge in [-0.05, 0) is 139 Å². The molecule has 3 saturated carbocycles. The van der Waals surface area contributed by atoms with E-state index in [0.29, 0.717) is 30.3 Å². The number of phenolic OH excluding ortho intramolecular Hbond substituents is 1. The van der Waals surface area contributed by atoms with Gasteiger partial charge in [0, 0.05) is 23.3 Å². The van der Waals surface area contributed by atoms with E-state index in [0.717, 1.165) is 64.8 Å². The smallest absolute Gasteiger partial charge is 0.343 e. The average molecular weight is 829 g/mol. The molecule has 2 saturated heterocycles. The minimum Gasteiger partial charge on any atom is -0.508 e. The molecule has 61 heavy (non-hydrogen) atoms. The van der Waals surface area contributed by atoms with Crippen molar-refractivity contribution in [3.05, 3.63) is 95.7 Å². The number of aromatic hydroxyl groups is 1. The standard InChI is InChI=1S/C49H52N2O10/c1-50-22-28-21-33-35-13-15-38(54)49(58)48(35,57)44(60-43(33)46(42(28)55)17-16-30-10-9-29-8-6-27-19-31(53)11-12-34(27)47(29,30)46)41(61-49)45(56)59-40-37(23-52)51-36-14-7-26-18-24-4-2-3-5-25(24)20-32(26)39(36)40/h2-5,7,11-15,18-20,28-30,33,35,38,41-44,50-55,57-58H,6,8-10,16-17,21-23H2,1H3. The van der Waals surface area contributed by atoms with Crippen molar-refractivity contribution in [1.29, 1.82) is 0 Å². The maximum absolute atomic E-state index is 15.0. The number of carbonyl (C=O) groups excluding carboxylic acids is 1. The zero-order chi connectivity index (χ0) is 41.8. The quantitative estimate of drug-likeness (QED) is 0.0701. The van der Waals surface area contributed by atoms with E-state index < -0.39 is 77.1 Å². The highest BCUT2D eigenvalue weighted by Gasteiger charge is 2.82. The average Bonchev–Trinajstić information content (AvgIpc) is 3.98. The molecule has 0 radical (unpaired) electrons. The highest BCUT2D eigenvalue weighted by atomic mass is 16.7. The number of hydrogen-bond acceptors (Lipinski definition) is 11. The summed E-state index contributed by atoms with van der Waals surface area (Å²) in [4.78, 5) is 18.2. The number of ether oxygens (including phenoxy) is 3. The minimum atomic E-state index is -2.64. The van der Waals surface area contributed by atoms with Gasteiger partial charge in [0.05, 0.1) is 35.4 Å². The lowest BCUT2D eigenvalue weighted by Crippen LogP contribution is -2.77. The van der Waals surface area contributed by atoms with Crippen LogP contribution in [0.15, 0.2) is 78.9 Å². The molecule has 2 spiro atoms. The molecule has 0 amide bonds. The van der Waals surface area contributed by atoms with Crippen molar-refractivity contribution in [3.8, 4) is 11.5 Å². The van der Waals surface area contributed by atoms with Crippen molar-refractivity contribution in [3.63, 3.8) is 0 Å². The lowest BCUT2D eigenvalue weighted by atomic mass is 9.42. The molecule has 5 aliphatic carbocycles. The van der Waals surface area contributed by atoms with E-state index >= 15 is 0 Å². The summed E-state index contributed by atoms with van der Waals surface area (Å²) in [6.45, 7) is 0.0386. The Morgan fingerprint density at radius 3 is 2.51 bits per heavy atom. The first-order valence-electron chi connectivity index (χ1n) is 22.1. The Morgan fingerprint density at radius 1 is 0.934 bits per heavy atom. The Kier molecular flexibility index (Phi) is 8.22. The van der Waals surface area contributed by atoms with Crippen LogP contribution in [0.2, 0.25) is 0 Å². The van der Waals surface area contributed by atoms with Gasteiger partial charge >= 0.3 is 5.97 Å². The monoisotopic (exact) mass is 828 g/mol. The van der Waals surface area contributed by atoms with Crippen LogP contribution in [0.1, 0.15) is 55.3 Å². The van der Waals surface area contributed by atoms with Crippen molar-refractivity contribution in [1.82, 2.24) is 10.3 Å². The molecule has 12 heteroatoms. The second-order valence-electron chi connectivity index (χ2n) is 19.3. The Balaban J connectivity index is 1.01. The van der Waals surface area contributed by atoms with E-state index in [-0.39, 0.29) is 34.9 Å². The van der Waals surface area contributed by atoms with Gasteiger partial charge < -0.3 is 55.2 Å². The number of H-pyrrole nitrogens is 1. The molecule has 1 aromatic heterocycles. The van der Waals surface area contributed by atoms with Gasteiger partial charge in [0.1, 0.15) is 18.0 Å². The molecule has 2 aliphatic heterocycles. The lowest BCUT2D eigenvalue weighted by molar-refractivity contribution is -0.350. The molecule has 12 rings (SSSR count). The molecule has 8 N–H and O–H groups in total. The number of fused-ring (bicyclic) bond motifs is 8.